The highest BCUT2D eigenvalue weighted by atomic mass is 19.1. The summed E-state index contributed by atoms with van der Waals surface area (Å²) in [4.78, 5) is 1.83. The van der Waals surface area contributed by atoms with E-state index in [1.54, 1.807) is 24.3 Å². The van der Waals surface area contributed by atoms with E-state index < -0.39 is 0 Å². The normalized spacial score (nSPS) is 10.7. The number of aromatic hydroxyl groups is 1. The summed E-state index contributed by atoms with van der Waals surface area (Å²) in [7, 11) is 3.71. The molecule has 1 N–H and O–H groups in total. The Hall–Kier alpha value is -2.89. The second kappa shape index (κ2) is 6.08. The van der Waals surface area contributed by atoms with Gasteiger partial charge in [-0.25, -0.2) is 4.39 Å². The van der Waals surface area contributed by atoms with E-state index in [1.165, 1.54) is 12.1 Å². The minimum Gasteiger partial charge on any atom is -0.508 e. The molecule has 1 aromatic heterocycles. The fourth-order valence-electron chi connectivity index (χ4n) is 2.41. The van der Waals surface area contributed by atoms with E-state index >= 15 is 0 Å². The van der Waals surface area contributed by atoms with Crippen LogP contribution in [0.2, 0.25) is 0 Å². The molecule has 3 rings (SSSR count). The van der Waals surface area contributed by atoms with Crippen LogP contribution in [0.4, 0.5) is 16.0 Å². The molecule has 0 saturated heterocycles. The van der Waals surface area contributed by atoms with Gasteiger partial charge in [-0.05, 0) is 30.3 Å². The molecule has 0 bridgehead atoms. The van der Waals surface area contributed by atoms with Crippen molar-refractivity contribution in [3.05, 3.63) is 65.7 Å². The Morgan fingerprint density at radius 2 is 1.78 bits per heavy atom. The molecule has 23 heavy (non-hydrogen) atoms. The van der Waals surface area contributed by atoms with Crippen molar-refractivity contribution < 1.29 is 9.50 Å². The van der Waals surface area contributed by atoms with Crippen LogP contribution in [0.3, 0.4) is 0 Å². The van der Waals surface area contributed by atoms with Gasteiger partial charge in [0.2, 0.25) is 5.95 Å². The summed E-state index contributed by atoms with van der Waals surface area (Å²) in [6.07, 6.45) is 0.480. The van der Waals surface area contributed by atoms with E-state index in [1.807, 2.05) is 35.7 Å². The number of phenolic OH excluding ortho intramolecular Hbond substituents is 1. The Labute approximate surface area is 133 Å². The molecular formula is C17H17FN4O. The topological polar surface area (TPSA) is 54.2 Å². The summed E-state index contributed by atoms with van der Waals surface area (Å²) in [5.41, 5.74) is 1.61. The molecule has 2 aromatic carbocycles. The third-order valence-electron chi connectivity index (χ3n) is 3.80. The van der Waals surface area contributed by atoms with Crippen LogP contribution in [-0.4, -0.2) is 26.9 Å². The van der Waals surface area contributed by atoms with E-state index in [-0.39, 0.29) is 11.6 Å². The van der Waals surface area contributed by atoms with Gasteiger partial charge in [0.05, 0.1) is 0 Å². The monoisotopic (exact) mass is 312 g/mol. The van der Waals surface area contributed by atoms with Gasteiger partial charge in [0.15, 0.2) is 0 Å². The molecule has 0 spiro atoms. The van der Waals surface area contributed by atoms with Crippen LogP contribution in [0, 0.1) is 5.82 Å². The largest absolute Gasteiger partial charge is 0.508 e. The molecule has 0 atom stereocenters. The van der Waals surface area contributed by atoms with Crippen molar-refractivity contribution in [2.24, 2.45) is 7.05 Å². The maximum absolute atomic E-state index is 13.0. The van der Waals surface area contributed by atoms with E-state index in [9.17, 15) is 9.50 Å². The number of hydrogen-bond donors (Lipinski definition) is 1. The van der Waals surface area contributed by atoms with Crippen LogP contribution in [0.15, 0.2) is 48.5 Å². The lowest BCUT2D eigenvalue weighted by Crippen LogP contribution is -2.15. The summed E-state index contributed by atoms with van der Waals surface area (Å²) in [5.74, 6) is 1.33. The number of nitrogens with zero attached hydrogens (tertiary/aromatic N) is 4. The van der Waals surface area contributed by atoms with E-state index in [0.717, 1.165) is 17.1 Å². The lowest BCUT2D eigenvalue weighted by Gasteiger charge is -2.18. The van der Waals surface area contributed by atoms with Gasteiger partial charge in [0.25, 0.3) is 0 Å². The highest BCUT2D eigenvalue weighted by molar-refractivity contribution is 5.56. The first-order chi connectivity index (χ1) is 11.1. The van der Waals surface area contributed by atoms with Gasteiger partial charge in [0.1, 0.15) is 17.4 Å². The van der Waals surface area contributed by atoms with Crippen molar-refractivity contribution in [1.82, 2.24) is 14.8 Å². The minimum absolute atomic E-state index is 0.240. The fourth-order valence-corrected chi connectivity index (χ4v) is 2.41. The lowest BCUT2D eigenvalue weighted by molar-refractivity contribution is 0.468. The number of hydrogen-bond acceptors (Lipinski definition) is 4. The Morgan fingerprint density at radius 3 is 2.48 bits per heavy atom. The second-order valence-electron chi connectivity index (χ2n) is 5.32. The summed E-state index contributed by atoms with van der Waals surface area (Å²) in [5, 5.41) is 18.3. The smallest absolute Gasteiger partial charge is 0.231 e. The average molecular weight is 312 g/mol. The highest BCUT2D eigenvalue weighted by Gasteiger charge is 2.15. The van der Waals surface area contributed by atoms with Crippen LogP contribution in [0.5, 0.6) is 5.75 Å². The van der Waals surface area contributed by atoms with Crippen molar-refractivity contribution in [3.8, 4) is 5.75 Å². The molecule has 3 aromatic rings. The van der Waals surface area contributed by atoms with Gasteiger partial charge < -0.3 is 10.0 Å². The van der Waals surface area contributed by atoms with Crippen molar-refractivity contribution in [2.45, 2.75) is 6.42 Å². The number of rotatable bonds is 4. The Bertz CT molecular complexity index is 814. The number of halogens is 1. The SMILES string of the molecule is CN(c1ccc(F)cc1)c1nnc(Cc2ccccc2O)n1C. The number of para-hydroxylation sites is 1. The molecule has 1 heterocycles. The van der Waals surface area contributed by atoms with Gasteiger partial charge in [-0.3, -0.25) is 4.57 Å². The maximum Gasteiger partial charge on any atom is 0.231 e. The zero-order chi connectivity index (χ0) is 16.4. The lowest BCUT2D eigenvalue weighted by atomic mass is 10.1. The summed E-state index contributed by atoms with van der Waals surface area (Å²) < 4.78 is 14.9. The Balaban J connectivity index is 1.87. The van der Waals surface area contributed by atoms with Gasteiger partial charge in [0, 0.05) is 31.8 Å². The highest BCUT2D eigenvalue weighted by Crippen LogP contribution is 2.24. The predicted octanol–water partition coefficient (Wildman–Crippen LogP) is 3.02. The molecule has 0 aliphatic carbocycles. The zero-order valence-corrected chi connectivity index (χ0v) is 12.9. The van der Waals surface area contributed by atoms with E-state index in [2.05, 4.69) is 10.2 Å². The fraction of sp³-hybridized carbons (Fsp3) is 0.176. The van der Waals surface area contributed by atoms with Gasteiger partial charge in [-0.15, -0.1) is 10.2 Å². The molecule has 0 aliphatic rings. The molecule has 5 nitrogen and oxygen atoms in total. The van der Waals surface area contributed by atoms with E-state index in [4.69, 9.17) is 0 Å². The summed E-state index contributed by atoms with van der Waals surface area (Å²) in [6, 6.07) is 13.3. The van der Waals surface area contributed by atoms with Crippen LogP contribution in [0.1, 0.15) is 11.4 Å². The van der Waals surface area contributed by atoms with Crippen LogP contribution < -0.4 is 4.90 Å². The predicted molar refractivity (Wildman–Crippen MR) is 86.4 cm³/mol. The van der Waals surface area contributed by atoms with Crippen molar-refractivity contribution >= 4 is 11.6 Å². The zero-order valence-electron chi connectivity index (χ0n) is 12.9. The standard InChI is InChI=1S/C17H17FN4O/c1-21(14-9-7-13(18)8-10-14)17-20-19-16(22(17)2)11-12-5-3-4-6-15(12)23/h3-10,23H,11H2,1-2H3. The molecule has 0 amide bonds. The van der Waals surface area contributed by atoms with Gasteiger partial charge >= 0.3 is 0 Å². The third kappa shape index (κ3) is 3.01. The van der Waals surface area contributed by atoms with Crippen molar-refractivity contribution in [1.29, 1.82) is 0 Å². The molecule has 0 aliphatic heterocycles. The number of phenols is 1. The molecule has 0 fully saturated rings. The first-order valence-electron chi connectivity index (χ1n) is 7.20. The minimum atomic E-state index is -0.277. The molecule has 0 saturated carbocycles. The molecule has 0 unspecified atom stereocenters. The number of anilines is 2. The Kier molecular flexibility index (Phi) is 3.97. The van der Waals surface area contributed by atoms with Crippen molar-refractivity contribution in [2.75, 3.05) is 11.9 Å². The van der Waals surface area contributed by atoms with Crippen LogP contribution in [-0.2, 0) is 13.5 Å². The van der Waals surface area contributed by atoms with E-state index in [0.29, 0.717) is 12.4 Å². The van der Waals surface area contributed by atoms with Crippen LogP contribution >= 0.6 is 0 Å². The third-order valence-corrected chi connectivity index (χ3v) is 3.80. The molecule has 0 radical (unpaired) electrons. The van der Waals surface area contributed by atoms with Crippen molar-refractivity contribution in [3.63, 3.8) is 0 Å². The number of aromatic nitrogens is 3. The Morgan fingerprint density at radius 1 is 1.09 bits per heavy atom. The summed E-state index contributed by atoms with van der Waals surface area (Å²) >= 11 is 0. The number of benzene rings is 2. The first kappa shape index (κ1) is 15.0. The first-order valence-corrected chi connectivity index (χ1v) is 7.20. The van der Waals surface area contributed by atoms with Crippen LogP contribution in [0.25, 0.3) is 0 Å². The maximum atomic E-state index is 13.0. The quantitative estimate of drug-likeness (QED) is 0.804. The van der Waals surface area contributed by atoms with Gasteiger partial charge in [-0.1, -0.05) is 18.2 Å². The molecule has 6 heteroatoms. The molecular weight excluding hydrogens is 295 g/mol. The van der Waals surface area contributed by atoms with Gasteiger partial charge in [-0.2, -0.15) is 0 Å². The average Bonchev–Trinajstić information content (AvgIpc) is 2.91. The molecule has 118 valence electrons. The summed E-state index contributed by atoms with van der Waals surface area (Å²) in [6.45, 7) is 0. The second-order valence-corrected chi connectivity index (χ2v) is 5.32.